The van der Waals surface area contributed by atoms with E-state index in [1.807, 2.05) is 13.0 Å². The SMILES string of the molecule is CCOCCOc1ccccc1C(=O)NNC(=O)COc1ccccc1. The smallest absolute Gasteiger partial charge is 0.276 e. The maximum atomic E-state index is 12.3. The summed E-state index contributed by atoms with van der Waals surface area (Å²) in [5.41, 5.74) is 4.97. The second kappa shape index (κ2) is 10.7. The van der Waals surface area contributed by atoms with E-state index < -0.39 is 11.8 Å². The van der Waals surface area contributed by atoms with Gasteiger partial charge >= 0.3 is 0 Å². The first-order valence-electron chi connectivity index (χ1n) is 8.27. The zero-order valence-electron chi connectivity index (χ0n) is 14.6. The summed E-state index contributed by atoms with van der Waals surface area (Å²) < 4.78 is 16.1. The van der Waals surface area contributed by atoms with Gasteiger partial charge in [0, 0.05) is 6.61 Å². The number of amides is 2. The minimum atomic E-state index is -0.481. The van der Waals surface area contributed by atoms with Crippen molar-refractivity contribution in [2.75, 3.05) is 26.4 Å². The van der Waals surface area contributed by atoms with Crippen LogP contribution in [-0.4, -0.2) is 38.2 Å². The Kier molecular flexibility index (Phi) is 7.95. The van der Waals surface area contributed by atoms with Gasteiger partial charge in [-0.2, -0.15) is 0 Å². The summed E-state index contributed by atoms with van der Waals surface area (Å²) in [6, 6.07) is 15.7. The molecule has 0 aromatic heterocycles. The number of ether oxygens (including phenoxy) is 3. The molecule has 26 heavy (non-hydrogen) atoms. The van der Waals surface area contributed by atoms with Crippen molar-refractivity contribution in [3.8, 4) is 11.5 Å². The van der Waals surface area contributed by atoms with Crippen molar-refractivity contribution in [3.05, 3.63) is 60.2 Å². The van der Waals surface area contributed by atoms with Gasteiger partial charge in [0.1, 0.15) is 18.1 Å². The number of para-hydroxylation sites is 2. The van der Waals surface area contributed by atoms with Gasteiger partial charge in [0.15, 0.2) is 6.61 Å². The Labute approximate surface area is 152 Å². The van der Waals surface area contributed by atoms with E-state index in [0.717, 1.165) is 0 Å². The van der Waals surface area contributed by atoms with Crippen LogP contribution in [0.1, 0.15) is 17.3 Å². The molecule has 2 amide bonds. The molecule has 0 radical (unpaired) electrons. The second-order valence-corrected chi connectivity index (χ2v) is 5.15. The van der Waals surface area contributed by atoms with Crippen LogP contribution in [0, 0.1) is 0 Å². The van der Waals surface area contributed by atoms with E-state index in [1.54, 1.807) is 48.5 Å². The van der Waals surface area contributed by atoms with E-state index in [4.69, 9.17) is 14.2 Å². The molecule has 0 aliphatic carbocycles. The predicted octanol–water partition coefficient (Wildman–Crippen LogP) is 1.94. The minimum Gasteiger partial charge on any atom is -0.490 e. The first-order chi connectivity index (χ1) is 12.7. The number of nitrogens with one attached hydrogen (secondary N) is 2. The Bertz CT molecular complexity index is 706. The monoisotopic (exact) mass is 358 g/mol. The number of carbonyl (C=O) groups is 2. The molecule has 7 heteroatoms. The van der Waals surface area contributed by atoms with Gasteiger partial charge in [0.05, 0.1) is 12.2 Å². The van der Waals surface area contributed by atoms with Crippen LogP contribution in [0.15, 0.2) is 54.6 Å². The highest BCUT2D eigenvalue weighted by atomic mass is 16.5. The number of hydrogen-bond acceptors (Lipinski definition) is 5. The zero-order valence-corrected chi connectivity index (χ0v) is 14.6. The number of hydrogen-bond donors (Lipinski definition) is 2. The van der Waals surface area contributed by atoms with Crippen LogP contribution in [-0.2, 0) is 9.53 Å². The predicted molar refractivity (Wildman–Crippen MR) is 96.0 cm³/mol. The Morgan fingerprint density at radius 1 is 0.885 bits per heavy atom. The van der Waals surface area contributed by atoms with Gasteiger partial charge in [-0.1, -0.05) is 30.3 Å². The maximum absolute atomic E-state index is 12.3. The van der Waals surface area contributed by atoms with Gasteiger partial charge in [-0.25, -0.2) is 0 Å². The third-order valence-corrected chi connectivity index (χ3v) is 3.25. The topological polar surface area (TPSA) is 85.9 Å². The lowest BCUT2D eigenvalue weighted by atomic mass is 10.2. The molecule has 0 aliphatic rings. The molecule has 0 aliphatic heterocycles. The van der Waals surface area contributed by atoms with Gasteiger partial charge < -0.3 is 14.2 Å². The fraction of sp³-hybridized carbons (Fsp3) is 0.263. The van der Waals surface area contributed by atoms with Crippen molar-refractivity contribution >= 4 is 11.8 Å². The lowest BCUT2D eigenvalue weighted by Gasteiger charge is -2.12. The highest BCUT2D eigenvalue weighted by Gasteiger charge is 2.13. The normalized spacial score (nSPS) is 10.0. The van der Waals surface area contributed by atoms with E-state index in [9.17, 15) is 9.59 Å². The van der Waals surface area contributed by atoms with E-state index in [2.05, 4.69) is 10.9 Å². The van der Waals surface area contributed by atoms with Crippen molar-refractivity contribution in [2.24, 2.45) is 0 Å². The first kappa shape index (κ1) is 19.3. The van der Waals surface area contributed by atoms with Crippen molar-refractivity contribution in [1.29, 1.82) is 0 Å². The summed E-state index contributed by atoms with van der Waals surface area (Å²) in [4.78, 5) is 24.0. The number of hydrazine groups is 1. The molecule has 7 nitrogen and oxygen atoms in total. The molecule has 2 rings (SSSR count). The van der Waals surface area contributed by atoms with Crippen LogP contribution in [0.3, 0.4) is 0 Å². The summed E-state index contributed by atoms with van der Waals surface area (Å²) in [6.07, 6.45) is 0. The third-order valence-electron chi connectivity index (χ3n) is 3.25. The van der Waals surface area contributed by atoms with Gasteiger partial charge in [0.25, 0.3) is 11.8 Å². The van der Waals surface area contributed by atoms with Gasteiger partial charge in [-0.15, -0.1) is 0 Å². The van der Waals surface area contributed by atoms with Crippen molar-refractivity contribution in [1.82, 2.24) is 10.9 Å². The molecule has 0 heterocycles. The molecule has 0 saturated carbocycles. The molecule has 0 saturated heterocycles. The van der Waals surface area contributed by atoms with E-state index in [0.29, 0.717) is 36.9 Å². The Balaban J connectivity index is 1.80. The summed E-state index contributed by atoms with van der Waals surface area (Å²) in [5, 5.41) is 0. The second-order valence-electron chi connectivity index (χ2n) is 5.15. The van der Waals surface area contributed by atoms with E-state index in [1.165, 1.54) is 0 Å². The van der Waals surface area contributed by atoms with E-state index in [-0.39, 0.29) is 6.61 Å². The summed E-state index contributed by atoms with van der Waals surface area (Å²) in [5.74, 6) is 0.0310. The fourth-order valence-corrected chi connectivity index (χ4v) is 2.03. The number of carbonyl (C=O) groups excluding carboxylic acids is 2. The Morgan fingerprint density at radius 3 is 2.38 bits per heavy atom. The fourth-order valence-electron chi connectivity index (χ4n) is 2.03. The van der Waals surface area contributed by atoms with Crippen LogP contribution in [0.5, 0.6) is 11.5 Å². The van der Waals surface area contributed by atoms with Gasteiger partial charge in [-0.05, 0) is 31.2 Å². The van der Waals surface area contributed by atoms with E-state index >= 15 is 0 Å². The van der Waals surface area contributed by atoms with Crippen molar-refractivity contribution < 1.29 is 23.8 Å². The number of benzene rings is 2. The molecule has 2 N–H and O–H groups in total. The largest absolute Gasteiger partial charge is 0.490 e. The Morgan fingerprint density at radius 2 is 1.62 bits per heavy atom. The summed E-state index contributed by atoms with van der Waals surface area (Å²) >= 11 is 0. The molecular weight excluding hydrogens is 336 g/mol. The van der Waals surface area contributed by atoms with Crippen LogP contribution < -0.4 is 20.3 Å². The van der Waals surface area contributed by atoms with Gasteiger partial charge in [-0.3, -0.25) is 20.4 Å². The summed E-state index contributed by atoms with van der Waals surface area (Å²) in [7, 11) is 0. The minimum absolute atomic E-state index is 0.212. The van der Waals surface area contributed by atoms with Crippen molar-refractivity contribution in [3.63, 3.8) is 0 Å². The Hall–Kier alpha value is -3.06. The molecule has 138 valence electrons. The van der Waals surface area contributed by atoms with Crippen LogP contribution in [0.4, 0.5) is 0 Å². The average molecular weight is 358 g/mol. The quantitative estimate of drug-likeness (QED) is 0.529. The molecule has 2 aromatic rings. The molecular formula is C19H22N2O5. The van der Waals surface area contributed by atoms with Crippen LogP contribution in [0.2, 0.25) is 0 Å². The lowest BCUT2D eigenvalue weighted by Crippen LogP contribution is -2.43. The first-order valence-corrected chi connectivity index (χ1v) is 8.27. The molecule has 0 bridgehead atoms. The van der Waals surface area contributed by atoms with Crippen molar-refractivity contribution in [2.45, 2.75) is 6.92 Å². The molecule has 0 fully saturated rings. The standard InChI is InChI=1S/C19H22N2O5/c1-2-24-12-13-25-17-11-7-6-10-16(17)19(23)21-20-18(22)14-26-15-8-4-3-5-9-15/h3-11H,2,12-14H2,1H3,(H,20,22)(H,21,23). The highest BCUT2D eigenvalue weighted by molar-refractivity contribution is 5.97. The average Bonchev–Trinajstić information content (AvgIpc) is 2.69. The molecule has 0 atom stereocenters. The zero-order chi connectivity index (χ0) is 18.6. The highest BCUT2D eigenvalue weighted by Crippen LogP contribution is 2.17. The molecule has 0 unspecified atom stereocenters. The molecule has 0 spiro atoms. The lowest BCUT2D eigenvalue weighted by molar-refractivity contribution is -0.123. The summed E-state index contributed by atoms with van der Waals surface area (Å²) in [6.45, 7) is 3.04. The number of rotatable bonds is 9. The molecule has 2 aromatic carbocycles. The van der Waals surface area contributed by atoms with Gasteiger partial charge in [0.2, 0.25) is 0 Å². The maximum Gasteiger partial charge on any atom is 0.276 e. The van der Waals surface area contributed by atoms with Crippen LogP contribution in [0.25, 0.3) is 0 Å². The third kappa shape index (κ3) is 6.45. The van der Waals surface area contributed by atoms with Crippen LogP contribution >= 0.6 is 0 Å².